The van der Waals surface area contributed by atoms with E-state index in [-0.39, 0.29) is 16.8 Å². The molecule has 0 spiro atoms. The highest BCUT2D eigenvalue weighted by molar-refractivity contribution is 7.89. The number of para-hydroxylation sites is 1. The molecule has 1 fully saturated rings. The molecule has 1 unspecified atom stereocenters. The number of rotatable bonds is 6. The Bertz CT molecular complexity index is 1070. The SMILES string of the molecule is CC(C)N(C)S(=O)(=O)c1ccc(NC(=O)NC2CCN(c3ccccc3Cl)C2=O)cc1. The topological polar surface area (TPSA) is 98.8 Å². The third-order valence-electron chi connectivity index (χ3n) is 5.17. The van der Waals surface area contributed by atoms with Gasteiger partial charge in [0, 0.05) is 25.3 Å². The molecule has 0 bridgehead atoms. The van der Waals surface area contributed by atoms with E-state index in [9.17, 15) is 18.0 Å². The molecule has 2 aromatic carbocycles. The summed E-state index contributed by atoms with van der Waals surface area (Å²) in [5, 5.41) is 5.77. The Hall–Kier alpha value is -2.62. The van der Waals surface area contributed by atoms with Crippen molar-refractivity contribution >= 4 is 44.9 Å². The summed E-state index contributed by atoms with van der Waals surface area (Å²) in [7, 11) is -2.08. The van der Waals surface area contributed by atoms with Gasteiger partial charge in [-0.1, -0.05) is 23.7 Å². The molecule has 3 rings (SSSR count). The molecule has 3 amide bonds. The lowest BCUT2D eigenvalue weighted by atomic mass is 10.2. The Morgan fingerprint density at radius 2 is 1.81 bits per heavy atom. The van der Waals surface area contributed by atoms with E-state index in [1.54, 1.807) is 43.0 Å². The van der Waals surface area contributed by atoms with Crippen molar-refractivity contribution in [1.29, 1.82) is 0 Å². The minimum atomic E-state index is -3.60. The minimum Gasteiger partial charge on any atom is -0.326 e. The standard InChI is InChI=1S/C21H25ClN4O4S/c1-14(2)25(3)31(29,30)16-10-8-15(9-11-16)23-21(28)24-18-12-13-26(20(18)27)19-7-5-4-6-17(19)22/h4-11,14,18H,12-13H2,1-3H3,(H2,23,24,28). The van der Waals surface area contributed by atoms with Crippen molar-refractivity contribution in [2.75, 3.05) is 23.8 Å². The predicted octanol–water partition coefficient (Wildman–Crippen LogP) is 3.30. The normalized spacial score (nSPS) is 16.8. The van der Waals surface area contributed by atoms with E-state index in [2.05, 4.69) is 10.6 Å². The first-order valence-electron chi connectivity index (χ1n) is 9.83. The first kappa shape index (κ1) is 23.1. The molecule has 1 aliphatic rings. The fourth-order valence-electron chi connectivity index (χ4n) is 3.20. The molecule has 166 valence electrons. The van der Waals surface area contributed by atoms with E-state index in [1.165, 1.54) is 35.6 Å². The Balaban J connectivity index is 1.61. The monoisotopic (exact) mass is 464 g/mol. The van der Waals surface area contributed by atoms with Crippen LogP contribution in [-0.2, 0) is 14.8 Å². The lowest BCUT2D eigenvalue weighted by Crippen LogP contribution is -2.43. The molecule has 0 radical (unpaired) electrons. The Morgan fingerprint density at radius 1 is 1.16 bits per heavy atom. The summed E-state index contributed by atoms with van der Waals surface area (Å²) in [6.45, 7) is 4.02. The Kier molecular flexibility index (Phi) is 6.88. The van der Waals surface area contributed by atoms with Gasteiger partial charge < -0.3 is 15.5 Å². The zero-order valence-electron chi connectivity index (χ0n) is 17.5. The van der Waals surface area contributed by atoms with Crippen LogP contribution in [0, 0.1) is 0 Å². The van der Waals surface area contributed by atoms with Crippen LogP contribution in [0.5, 0.6) is 0 Å². The average molecular weight is 465 g/mol. The van der Waals surface area contributed by atoms with Gasteiger partial charge in [0.15, 0.2) is 0 Å². The van der Waals surface area contributed by atoms with Crippen LogP contribution in [0.2, 0.25) is 5.02 Å². The maximum absolute atomic E-state index is 12.7. The number of sulfonamides is 1. The molecule has 1 heterocycles. The quantitative estimate of drug-likeness (QED) is 0.685. The van der Waals surface area contributed by atoms with Crippen LogP contribution in [-0.4, -0.2) is 50.3 Å². The average Bonchev–Trinajstić information content (AvgIpc) is 3.08. The summed E-state index contributed by atoms with van der Waals surface area (Å²) in [5.41, 5.74) is 1.03. The first-order chi connectivity index (χ1) is 14.6. The van der Waals surface area contributed by atoms with Crippen molar-refractivity contribution in [2.45, 2.75) is 37.2 Å². The highest BCUT2D eigenvalue weighted by Crippen LogP contribution is 2.29. The number of carbonyl (C=O) groups is 2. The third-order valence-corrected chi connectivity index (χ3v) is 7.54. The molecular weight excluding hydrogens is 440 g/mol. The second kappa shape index (κ2) is 9.25. The van der Waals surface area contributed by atoms with Crippen molar-refractivity contribution in [3.63, 3.8) is 0 Å². The molecule has 31 heavy (non-hydrogen) atoms. The number of halogens is 1. The zero-order chi connectivity index (χ0) is 22.8. The van der Waals surface area contributed by atoms with Gasteiger partial charge in [-0.25, -0.2) is 13.2 Å². The van der Waals surface area contributed by atoms with Gasteiger partial charge in [-0.2, -0.15) is 4.31 Å². The van der Waals surface area contributed by atoms with E-state index in [1.807, 2.05) is 0 Å². The molecular formula is C21H25ClN4O4S. The maximum atomic E-state index is 12.7. The lowest BCUT2D eigenvalue weighted by Gasteiger charge is -2.21. The van der Waals surface area contributed by atoms with Crippen LogP contribution in [0.15, 0.2) is 53.4 Å². The van der Waals surface area contributed by atoms with E-state index in [0.29, 0.717) is 29.4 Å². The fraction of sp³-hybridized carbons (Fsp3) is 0.333. The second-order valence-corrected chi connectivity index (χ2v) is 9.93. The van der Waals surface area contributed by atoms with E-state index < -0.39 is 22.1 Å². The molecule has 0 aromatic heterocycles. The summed E-state index contributed by atoms with van der Waals surface area (Å²) in [4.78, 5) is 26.7. The molecule has 1 saturated heterocycles. The van der Waals surface area contributed by atoms with Crippen molar-refractivity contribution in [3.8, 4) is 0 Å². The summed E-state index contributed by atoms with van der Waals surface area (Å²) in [6.07, 6.45) is 0.455. The van der Waals surface area contributed by atoms with Crippen molar-refractivity contribution < 1.29 is 18.0 Å². The largest absolute Gasteiger partial charge is 0.326 e. The number of anilines is 2. The number of amides is 3. The lowest BCUT2D eigenvalue weighted by molar-refractivity contribution is -0.118. The van der Waals surface area contributed by atoms with E-state index in [0.717, 1.165) is 0 Å². The van der Waals surface area contributed by atoms with E-state index in [4.69, 9.17) is 11.6 Å². The second-order valence-electron chi connectivity index (χ2n) is 7.52. The van der Waals surface area contributed by atoms with Crippen LogP contribution in [0.1, 0.15) is 20.3 Å². The number of benzene rings is 2. The van der Waals surface area contributed by atoms with Gasteiger partial charge in [-0.15, -0.1) is 0 Å². The maximum Gasteiger partial charge on any atom is 0.319 e. The zero-order valence-corrected chi connectivity index (χ0v) is 19.1. The van der Waals surface area contributed by atoms with Gasteiger partial charge in [0.25, 0.3) is 0 Å². The minimum absolute atomic E-state index is 0.135. The van der Waals surface area contributed by atoms with Gasteiger partial charge >= 0.3 is 6.03 Å². The van der Waals surface area contributed by atoms with Crippen molar-refractivity contribution in [2.24, 2.45) is 0 Å². The van der Waals surface area contributed by atoms with Crippen LogP contribution in [0.3, 0.4) is 0 Å². The van der Waals surface area contributed by atoms with Crippen molar-refractivity contribution in [3.05, 3.63) is 53.6 Å². The van der Waals surface area contributed by atoms with E-state index >= 15 is 0 Å². The van der Waals surface area contributed by atoms with Gasteiger partial charge in [-0.3, -0.25) is 4.79 Å². The van der Waals surface area contributed by atoms with Crippen LogP contribution in [0.4, 0.5) is 16.2 Å². The summed E-state index contributed by atoms with van der Waals surface area (Å²) in [6, 6.07) is 11.5. The fourth-order valence-corrected chi connectivity index (χ4v) is 4.81. The number of nitrogens with zero attached hydrogens (tertiary/aromatic N) is 2. The van der Waals surface area contributed by atoms with Crippen LogP contribution in [0.25, 0.3) is 0 Å². The molecule has 1 atom stereocenters. The van der Waals surface area contributed by atoms with Crippen LogP contribution >= 0.6 is 11.6 Å². The number of hydrogen-bond donors (Lipinski definition) is 2. The molecule has 2 N–H and O–H groups in total. The highest BCUT2D eigenvalue weighted by Gasteiger charge is 2.34. The summed E-state index contributed by atoms with van der Waals surface area (Å²) < 4.78 is 26.3. The van der Waals surface area contributed by atoms with Crippen molar-refractivity contribution in [1.82, 2.24) is 9.62 Å². The molecule has 2 aromatic rings. The van der Waals surface area contributed by atoms with Crippen LogP contribution < -0.4 is 15.5 Å². The Morgan fingerprint density at radius 3 is 2.42 bits per heavy atom. The molecule has 8 nitrogen and oxygen atoms in total. The highest BCUT2D eigenvalue weighted by atomic mass is 35.5. The number of carbonyl (C=O) groups excluding carboxylic acids is 2. The molecule has 0 saturated carbocycles. The molecule has 0 aliphatic carbocycles. The summed E-state index contributed by atoms with van der Waals surface area (Å²) in [5.74, 6) is -0.235. The van der Waals surface area contributed by atoms with Gasteiger partial charge in [0.2, 0.25) is 15.9 Å². The Labute approximate surface area is 187 Å². The number of nitrogens with one attached hydrogen (secondary N) is 2. The van der Waals surface area contributed by atoms with Gasteiger partial charge in [0.05, 0.1) is 15.6 Å². The smallest absolute Gasteiger partial charge is 0.319 e. The summed E-state index contributed by atoms with van der Waals surface area (Å²) >= 11 is 6.17. The molecule has 1 aliphatic heterocycles. The number of urea groups is 1. The first-order valence-corrected chi connectivity index (χ1v) is 11.6. The molecule has 10 heteroatoms. The predicted molar refractivity (Wildman–Crippen MR) is 121 cm³/mol. The number of hydrogen-bond acceptors (Lipinski definition) is 4. The van der Waals surface area contributed by atoms with Gasteiger partial charge in [-0.05, 0) is 56.7 Å². The third kappa shape index (κ3) is 5.00. The van der Waals surface area contributed by atoms with Gasteiger partial charge in [0.1, 0.15) is 6.04 Å².